The van der Waals surface area contributed by atoms with Gasteiger partial charge in [-0.2, -0.15) is 0 Å². The Morgan fingerprint density at radius 2 is 1.83 bits per heavy atom. The lowest BCUT2D eigenvalue weighted by Gasteiger charge is -2.06. The Morgan fingerprint density at radius 1 is 1.17 bits per heavy atom. The highest BCUT2D eigenvalue weighted by molar-refractivity contribution is 9.14. The van der Waals surface area contributed by atoms with Gasteiger partial charge >= 0.3 is 0 Å². The van der Waals surface area contributed by atoms with Gasteiger partial charge in [0.05, 0.1) is 4.47 Å². The van der Waals surface area contributed by atoms with Crippen molar-refractivity contribution in [2.45, 2.75) is 0 Å². The zero-order chi connectivity index (χ0) is 9.14. The molecule has 0 aliphatic heterocycles. The lowest BCUT2D eigenvalue weighted by Crippen LogP contribution is -1.80. The summed E-state index contributed by atoms with van der Waals surface area (Å²) in [7, 11) is -0.0692. The van der Waals surface area contributed by atoms with Gasteiger partial charge in [-0.3, -0.25) is 0 Å². The molecule has 0 saturated heterocycles. The second kappa shape index (κ2) is 5.16. The lowest BCUT2D eigenvalue weighted by molar-refractivity contribution is 0.636. The van der Waals surface area contributed by atoms with Crippen LogP contribution >= 0.6 is 67.2 Å². The summed E-state index contributed by atoms with van der Waals surface area (Å²) in [4.78, 5) is 0. The van der Waals surface area contributed by atoms with E-state index in [9.17, 15) is 0 Å². The van der Waals surface area contributed by atoms with Crippen molar-refractivity contribution in [3.05, 3.63) is 25.6 Å². The first kappa shape index (κ1) is 11.3. The van der Waals surface area contributed by atoms with E-state index in [1.807, 2.05) is 12.1 Å². The molecule has 6 heteroatoms. The maximum Gasteiger partial charge on any atom is 0.168 e. The Morgan fingerprint density at radius 3 is 2.42 bits per heavy atom. The molecule has 0 spiro atoms. The first-order chi connectivity index (χ1) is 5.66. The van der Waals surface area contributed by atoms with Crippen molar-refractivity contribution in [2.75, 3.05) is 0 Å². The number of benzene rings is 1. The summed E-state index contributed by atoms with van der Waals surface area (Å²) in [6.07, 6.45) is 0. The molecule has 1 aromatic carbocycles. The average Bonchev–Trinajstić information content (AvgIpc) is 2.07. The van der Waals surface area contributed by atoms with Crippen LogP contribution in [0.5, 0.6) is 5.75 Å². The first-order valence-electron chi connectivity index (χ1n) is 2.82. The largest absolute Gasteiger partial charge is 0.460 e. The third-order valence-electron chi connectivity index (χ3n) is 1.15. The molecule has 0 fully saturated rings. The van der Waals surface area contributed by atoms with E-state index in [2.05, 4.69) is 47.8 Å². The molecular weight excluding hydrogens is 394 g/mol. The number of halogens is 4. The summed E-state index contributed by atoms with van der Waals surface area (Å²) >= 11 is 15.6. The molecule has 0 saturated carbocycles. The predicted molar refractivity (Wildman–Crippen MR) is 64.3 cm³/mol. The fourth-order valence-corrected chi connectivity index (χ4v) is 2.63. The van der Waals surface area contributed by atoms with Crippen molar-refractivity contribution < 1.29 is 4.52 Å². The van der Waals surface area contributed by atoms with Crippen molar-refractivity contribution in [1.29, 1.82) is 0 Å². The molecule has 0 aromatic heterocycles. The molecule has 0 heterocycles. The topological polar surface area (TPSA) is 9.23 Å². The molecule has 1 nitrogen and oxygen atoms in total. The summed E-state index contributed by atoms with van der Waals surface area (Å²) in [6.45, 7) is 0. The van der Waals surface area contributed by atoms with E-state index in [-0.39, 0.29) is 8.16 Å². The van der Waals surface area contributed by atoms with Gasteiger partial charge in [0.2, 0.25) is 0 Å². The molecule has 1 unspecified atom stereocenters. The van der Waals surface area contributed by atoms with Crippen LogP contribution in [0.15, 0.2) is 25.6 Å². The van der Waals surface area contributed by atoms with Crippen molar-refractivity contribution in [3.63, 3.8) is 0 Å². The molecule has 0 aliphatic rings. The van der Waals surface area contributed by atoms with E-state index in [4.69, 9.17) is 15.8 Å². The molecule has 0 N–H and O–H groups in total. The maximum atomic E-state index is 5.46. The number of hydrogen-bond donors (Lipinski definition) is 0. The molecule has 1 rings (SSSR count). The molecule has 12 heavy (non-hydrogen) atoms. The van der Waals surface area contributed by atoms with Crippen molar-refractivity contribution >= 4 is 67.2 Å². The van der Waals surface area contributed by atoms with Crippen molar-refractivity contribution in [3.8, 4) is 5.75 Å². The van der Waals surface area contributed by atoms with Crippen LogP contribution in [0.2, 0.25) is 0 Å². The fourth-order valence-electron chi connectivity index (χ4n) is 0.629. The fraction of sp³-hybridized carbons (Fsp3) is 0. The van der Waals surface area contributed by atoms with Crippen LogP contribution in [0.1, 0.15) is 0 Å². The Hall–Kier alpha value is 1.18. The third kappa shape index (κ3) is 2.58. The monoisotopic (exact) mass is 394 g/mol. The summed E-state index contributed by atoms with van der Waals surface area (Å²) in [5.41, 5.74) is 0. The van der Waals surface area contributed by atoms with Crippen LogP contribution in [0, 0.1) is 0 Å². The lowest BCUT2D eigenvalue weighted by atomic mass is 10.3. The van der Waals surface area contributed by atoms with Crippen molar-refractivity contribution in [2.24, 2.45) is 0 Å². The standard InChI is InChI=1S/C6H3Br3ClOP/c7-3-1-2-4(11-12-10)6(9)5(3)8/h1-2,12H. The van der Waals surface area contributed by atoms with Gasteiger partial charge in [-0.05, 0) is 59.9 Å². The first-order valence-corrected chi connectivity index (χ1v) is 7.12. The van der Waals surface area contributed by atoms with Gasteiger partial charge in [0.1, 0.15) is 5.75 Å². The van der Waals surface area contributed by atoms with Crippen LogP contribution < -0.4 is 4.52 Å². The highest BCUT2D eigenvalue weighted by Gasteiger charge is 2.07. The van der Waals surface area contributed by atoms with Gasteiger partial charge in [0.25, 0.3) is 0 Å². The molecule has 1 atom stereocenters. The second-order valence-electron chi connectivity index (χ2n) is 1.85. The van der Waals surface area contributed by atoms with Crippen molar-refractivity contribution in [1.82, 2.24) is 0 Å². The molecule has 0 amide bonds. The minimum Gasteiger partial charge on any atom is -0.460 e. The van der Waals surface area contributed by atoms with E-state index < -0.39 is 0 Å². The Kier molecular flexibility index (Phi) is 4.84. The molecule has 0 radical (unpaired) electrons. The normalized spacial score (nSPS) is 11.0. The highest BCUT2D eigenvalue weighted by Crippen LogP contribution is 2.40. The number of rotatable bonds is 2. The second-order valence-corrected chi connectivity index (χ2v) is 5.11. The Balaban J connectivity index is 3.08. The van der Waals surface area contributed by atoms with E-state index in [0.29, 0.717) is 0 Å². The molecular formula is C6H3Br3ClOP. The molecule has 0 bridgehead atoms. The Labute approximate surface area is 102 Å². The SMILES string of the molecule is ClPOc1ccc(Br)c(Br)c1Br. The quantitative estimate of drug-likeness (QED) is 0.499. The average molecular weight is 397 g/mol. The van der Waals surface area contributed by atoms with E-state index in [0.717, 1.165) is 19.2 Å². The van der Waals surface area contributed by atoms with Crippen LogP contribution in [0.3, 0.4) is 0 Å². The third-order valence-corrected chi connectivity index (χ3v) is 5.01. The van der Waals surface area contributed by atoms with Crippen LogP contribution in [0.25, 0.3) is 0 Å². The smallest absolute Gasteiger partial charge is 0.168 e. The van der Waals surface area contributed by atoms with Gasteiger partial charge in [0.15, 0.2) is 8.16 Å². The molecule has 0 aliphatic carbocycles. The Bertz CT molecular complexity index is 294. The summed E-state index contributed by atoms with van der Waals surface area (Å²) < 4.78 is 7.93. The van der Waals surface area contributed by atoms with Crippen LogP contribution in [-0.4, -0.2) is 0 Å². The van der Waals surface area contributed by atoms with Gasteiger partial charge in [-0.25, -0.2) is 0 Å². The van der Waals surface area contributed by atoms with E-state index in [1.165, 1.54) is 0 Å². The zero-order valence-corrected chi connectivity index (χ0v) is 12.1. The van der Waals surface area contributed by atoms with Gasteiger partial charge in [-0.1, -0.05) is 11.2 Å². The summed E-state index contributed by atoms with van der Waals surface area (Å²) in [6, 6.07) is 3.73. The maximum absolute atomic E-state index is 5.46. The van der Waals surface area contributed by atoms with Crippen LogP contribution in [-0.2, 0) is 0 Å². The summed E-state index contributed by atoms with van der Waals surface area (Å²) in [5, 5.41) is 0. The van der Waals surface area contributed by atoms with Gasteiger partial charge in [0, 0.05) is 8.95 Å². The number of hydrogen-bond acceptors (Lipinski definition) is 1. The minimum absolute atomic E-state index is 0.0692. The predicted octanol–water partition coefficient (Wildman–Crippen LogP) is 5.10. The van der Waals surface area contributed by atoms with E-state index >= 15 is 0 Å². The molecule has 66 valence electrons. The molecule has 1 aromatic rings. The van der Waals surface area contributed by atoms with Crippen LogP contribution in [0.4, 0.5) is 0 Å². The van der Waals surface area contributed by atoms with Gasteiger partial charge in [-0.15, -0.1) is 0 Å². The highest BCUT2D eigenvalue weighted by atomic mass is 79.9. The minimum atomic E-state index is -0.0692. The summed E-state index contributed by atoms with van der Waals surface area (Å²) in [5.74, 6) is 0.735. The van der Waals surface area contributed by atoms with E-state index in [1.54, 1.807) is 0 Å². The van der Waals surface area contributed by atoms with Gasteiger partial charge < -0.3 is 4.52 Å². The zero-order valence-electron chi connectivity index (χ0n) is 5.57.